The molecule has 0 spiro atoms. The van der Waals surface area contributed by atoms with Crippen molar-refractivity contribution >= 4 is 28.3 Å². The minimum Gasteiger partial charge on any atom is -0.384 e. The molecule has 1 N–H and O–H groups in total. The number of halogens is 2. The average molecular weight is 513 g/mol. The van der Waals surface area contributed by atoms with E-state index in [1.165, 1.54) is 12.1 Å². The van der Waals surface area contributed by atoms with Crippen molar-refractivity contribution < 1.29 is 18.5 Å². The van der Waals surface area contributed by atoms with Gasteiger partial charge in [-0.15, -0.1) is 0 Å². The molecule has 8 heteroatoms. The molecule has 35 heavy (non-hydrogen) atoms. The molecule has 0 radical (unpaired) electrons. The number of nitrogens with zero attached hydrogens (tertiary/aromatic N) is 2. The van der Waals surface area contributed by atoms with Crippen LogP contribution < -0.4 is 0 Å². The maximum absolute atomic E-state index is 13.5. The standard InChI is InChI=1S/C27H26ClFN2O3S/c1-27(2,33)25-13-18(9-11-30-25)16-31(23-10-12-35(34)17-23)26(32)15-21-4-3-20(14-24(21)28)19-5-7-22(29)8-6-19/h3-14,23,33H,15-17H2,1-2H3. The smallest absolute Gasteiger partial charge is 0.227 e. The van der Waals surface area contributed by atoms with Crippen LogP contribution in [0.3, 0.4) is 0 Å². The summed E-state index contributed by atoms with van der Waals surface area (Å²) in [5.41, 5.74) is 2.53. The number of carbonyl (C=O) groups is 1. The summed E-state index contributed by atoms with van der Waals surface area (Å²) < 4.78 is 25.3. The van der Waals surface area contributed by atoms with Crippen LogP contribution in [0.5, 0.6) is 0 Å². The van der Waals surface area contributed by atoms with Gasteiger partial charge in [-0.1, -0.05) is 41.9 Å². The van der Waals surface area contributed by atoms with Crippen molar-refractivity contribution in [2.75, 3.05) is 5.75 Å². The Morgan fingerprint density at radius 3 is 2.51 bits per heavy atom. The van der Waals surface area contributed by atoms with E-state index in [1.807, 2.05) is 6.07 Å². The lowest BCUT2D eigenvalue weighted by Crippen LogP contribution is -2.41. The third-order valence-corrected chi connectivity index (χ3v) is 7.37. The summed E-state index contributed by atoms with van der Waals surface area (Å²) in [6.07, 6.45) is 3.48. The Morgan fingerprint density at radius 2 is 1.89 bits per heavy atom. The molecule has 0 saturated heterocycles. The third kappa shape index (κ3) is 6.23. The van der Waals surface area contributed by atoms with E-state index in [0.29, 0.717) is 22.0 Å². The fraction of sp³-hybridized carbons (Fsp3) is 0.259. The number of aromatic nitrogens is 1. The molecule has 2 aromatic carbocycles. The van der Waals surface area contributed by atoms with E-state index in [4.69, 9.17) is 11.6 Å². The lowest BCUT2D eigenvalue weighted by molar-refractivity contribution is -0.132. The van der Waals surface area contributed by atoms with E-state index >= 15 is 0 Å². The van der Waals surface area contributed by atoms with Crippen molar-refractivity contribution in [1.29, 1.82) is 0 Å². The molecule has 4 rings (SSSR count). The van der Waals surface area contributed by atoms with Gasteiger partial charge in [0.05, 0.1) is 23.9 Å². The van der Waals surface area contributed by atoms with Crippen LogP contribution in [0.15, 0.2) is 72.3 Å². The Morgan fingerprint density at radius 1 is 1.17 bits per heavy atom. The van der Waals surface area contributed by atoms with Gasteiger partial charge < -0.3 is 10.0 Å². The molecule has 0 fully saturated rings. The van der Waals surface area contributed by atoms with Gasteiger partial charge in [0.15, 0.2) is 0 Å². The summed E-state index contributed by atoms with van der Waals surface area (Å²) in [5.74, 6) is -0.128. The van der Waals surface area contributed by atoms with Crippen LogP contribution >= 0.6 is 11.6 Å². The number of pyridine rings is 1. The van der Waals surface area contributed by atoms with Crippen LogP contribution in [0.2, 0.25) is 5.02 Å². The highest BCUT2D eigenvalue weighted by molar-refractivity contribution is 7.88. The van der Waals surface area contributed by atoms with E-state index in [9.17, 15) is 18.5 Å². The number of amides is 1. The van der Waals surface area contributed by atoms with E-state index in [0.717, 1.165) is 16.7 Å². The summed E-state index contributed by atoms with van der Waals surface area (Å²) in [6.45, 7) is 3.59. The molecule has 2 unspecified atom stereocenters. The first-order valence-electron chi connectivity index (χ1n) is 11.2. The molecule has 1 aliphatic heterocycles. The maximum Gasteiger partial charge on any atom is 0.227 e. The molecule has 182 valence electrons. The largest absolute Gasteiger partial charge is 0.384 e. The van der Waals surface area contributed by atoms with Gasteiger partial charge in [-0.05, 0) is 66.4 Å². The molecule has 1 amide bonds. The quantitative estimate of drug-likeness (QED) is 0.484. The summed E-state index contributed by atoms with van der Waals surface area (Å²) >= 11 is 6.53. The first kappa shape index (κ1) is 25.2. The van der Waals surface area contributed by atoms with Crippen molar-refractivity contribution in [2.24, 2.45) is 0 Å². The number of hydrogen-bond acceptors (Lipinski definition) is 4. The Kier molecular flexibility index (Phi) is 7.50. The Hall–Kier alpha value is -2.87. The van der Waals surface area contributed by atoms with Crippen LogP contribution in [0, 0.1) is 5.82 Å². The second-order valence-electron chi connectivity index (χ2n) is 9.06. The highest BCUT2D eigenvalue weighted by Crippen LogP contribution is 2.28. The topological polar surface area (TPSA) is 70.5 Å². The predicted octanol–water partition coefficient (Wildman–Crippen LogP) is 4.98. The molecule has 0 saturated carbocycles. The van der Waals surface area contributed by atoms with Gasteiger partial charge in [0.1, 0.15) is 11.4 Å². The van der Waals surface area contributed by atoms with Gasteiger partial charge in [-0.2, -0.15) is 0 Å². The van der Waals surface area contributed by atoms with Crippen molar-refractivity contribution in [3.05, 3.63) is 99.9 Å². The summed E-state index contributed by atoms with van der Waals surface area (Å²) in [7, 11) is -1.12. The van der Waals surface area contributed by atoms with Crippen molar-refractivity contribution in [3.8, 4) is 11.1 Å². The van der Waals surface area contributed by atoms with Gasteiger partial charge in [-0.3, -0.25) is 14.0 Å². The van der Waals surface area contributed by atoms with Gasteiger partial charge in [-0.25, -0.2) is 4.39 Å². The monoisotopic (exact) mass is 512 g/mol. The van der Waals surface area contributed by atoms with Crippen LogP contribution in [-0.4, -0.2) is 36.9 Å². The van der Waals surface area contributed by atoms with Crippen LogP contribution in [0.4, 0.5) is 4.39 Å². The summed E-state index contributed by atoms with van der Waals surface area (Å²) in [6, 6.07) is 14.8. The minimum atomic E-state index is -1.12. The molecule has 5 nitrogen and oxygen atoms in total. The van der Waals surface area contributed by atoms with E-state index < -0.39 is 16.4 Å². The van der Waals surface area contributed by atoms with Crippen molar-refractivity contribution in [3.63, 3.8) is 0 Å². The molecule has 0 aliphatic carbocycles. The van der Waals surface area contributed by atoms with E-state index in [1.54, 1.807) is 72.8 Å². The molecule has 0 bridgehead atoms. The number of hydrogen-bond donors (Lipinski definition) is 1. The zero-order valence-corrected chi connectivity index (χ0v) is 21.0. The Labute approximate surface area is 211 Å². The second-order valence-corrected chi connectivity index (χ2v) is 10.8. The first-order chi connectivity index (χ1) is 16.6. The lowest BCUT2D eigenvalue weighted by atomic mass is 10.0. The molecular weight excluding hydrogens is 487 g/mol. The predicted molar refractivity (Wildman–Crippen MR) is 137 cm³/mol. The molecule has 2 heterocycles. The van der Waals surface area contributed by atoms with E-state index in [-0.39, 0.29) is 30.7 Å². The van der Waals surface area contributed by atoms with Crippen LogP contribution in [-0.2, 0) is 34.2 Å². The van der Waals surface area contributed by atoms with E-state index in [2.05, 4.69) is 4.98 Å². The number of carbonyl (C=O) groups excluding carboxylic acids is 1. The lowest BCUT2D eigenvalue weighted by Gasteiger charge is -2.28. The molecule has 1 aliphatic rings. The molecule has 2 atom stereocenters. The zero-order chi connectivity index (χ0) is 25.2. The molecule has 3 aromatic rings. The number of benzene rings is 2. The van der Waals surface area contributed by atoms with Gasteiger partial charge in [0.25, 0.3) is 0 Å². The Bertz CT molecular complexity index is 1290. The summed E-state index contributed by atoms with van der Waals surface area (Å²) in [4.78, 5) is 19.4. The maximum atomic E-state index is 13.5. The summed E-state index contributed by atoms with van der Waals surface area (Å²) in [5, 5.41) is 12.4. The van der Waals surface area contributed by atoms with Gasteiger partial charge in [0, 0.05) is 34.0 Å². The van der Waals surface area contributed by atoms with Crippen LogP contribution in [0.25, 0.3) is 11.1 Å². The third-order valence-electron chi connectivity index (χ3n) is 5.88. The zero-order valence-electron chi connectivity index (χ0n) is 19.4. The first-order valence-corrected chi connectivity index (χ1v) is 12.9. The fourth-order valence-electron chi connectivity index (χ4n) is 3.92. The van der Waals surface area contributed by atoms with Gasteiger partial charge in [0.2, 0.25) is 5.91 Å². The van der Waals surface area contributed by atoms with Crippen molar-refractivity contribution in [2.45, 2.75) is 38.5 Å². The second kappa shape index (κ2) is 10.4. The average Bonchev–Trinajstić information content (AvgIpc) is 3.24. The number of rotatable bonds is 7. The van der Waals surface area contributed by atoms with Crippen molar-refractivity contribution in [1.82, 2.24) is 9.88 Å². The highest BCUT2D eigenvalue weighted by atomic mass is 35.5. The molecule has 1 aromatic heterocycles. The normalized spacial score (nSPS) is 17.5. The van der Waals surface area contributed by atoms with Gasteiger partial charge >= 0.3 is 0 Å². The Balaban J connectivity index is 1.57. The SMILES string of the molecule is CC(C)(O)c1cc(CN(C(=O)Cc2ccc(-c3ccc(F)cc3)cc2Cl)C2C=CS(=O)C2)ccn1. The highest BCUT2D eigenvalue weighted by Gasteiger charge is 2.28. The minimum absolute atomic E-state index is 0.0724. The number of aliphatic hydroxyl groups is 1. The fourth-order valence-corrected chi connectivity index (χ4v) is 5.27. The van der Waals surface area contributed by atoms with Crippen LogP contribution in [0.1, 0.15) is 30.7 Å². The molecular formula is C27H26ClFN2O3S.